The molecular formula is C24H25N5O4S. The fourth-order valence-electron chi connectivity index (χ4n) is 3.66. The Morgan fingerprint density at radius 1 is 1.03 bits per heavy atom. The number of hydrogen-bond acceptors (Lipinski definition) is 5. The molecule has 1 amide bonds. The van der Waals surface area contributed by atoms with Gasteiger partial charge in [0.2, 0.25) is 15.9 Å². The van der Waals surface area contributed by atoms with Crippen molar-refractivity contribution < 1.29 is 13.2 Å². The zero-order valence-corrected chi connectivity index (χ0v) is 19.2. The first-order chi connectivity index (χ1) is 16.4. The molecule has 34 heavy (non-hydrogen) atoms. The number of rotatable bonds is 10. The van der Waals surface area contributed by atoms with Crippen LogP contribution < -0.4 is 15.6 Å². The smallest absolute Gasteiger partial charge is 0.275 e. The summed E-state index contributed by atoms with van der Waals surface area (Å²) in [7, 11) is -3.83. The number of hydrogen-bond donors (Lipinski definition) is 2. The zero-order chi connectivity index (χ0) is 24.0. The molecule has 0 aliphatic carbocycles. The second-order valence-electron chi connectivity index (χ2n) is 7.86. The predicted molar refractivity (Wildman–Crippen MR) is 131 cm³/mol. The van der Waals surface area contributed by atoms with E-state index in [4.69, 9.17) is 0 Å². The number of nitrogens with zero attached hydrogens (tertiary/aromatic N) is 3. The maximum atomic E-state index is 13.2. The van der Waals surface area contributed by atoms with E-state index >= 15 is 0 Å². The molecule has 0 unspecified atom stereocenters. The van der Waals surface area contributed by atoms with E-state index in [1.54, 1.807) is 67.1 Å². The SMILES string of the molecule is O=C(Cn1c(=O)c(NS(=O)(=O)Cc2ccccc2)cc2ccccc21)NCCCn1ccnc1. The highest BCUT2D eigenvalue weighted by atomic mass is 32.2. The number of amides is 1. The van der Waals surface area contributed by atoms with E-state index in [0.717, 1.165) is 0 Å². The molecule has 0 saturated heterocycles. The first kappa shape index (κ1) is 23.2. The quantitative estimate of drug-likeness (QED) is 0.339. The summed E-state index contributed by atoms with van der Waals surface area (Å²) >= 11 is 0. The van der Waals surface area contributed by atoms with Crippen LogP contribution in [0.25, 0.3) is 10.9 Å². The van der Waals surface area contributed by atoms with Crippen molar-refractivity contribution in [1.29, 1.82) is 0 Å². The summed E-state index contributed by atoms with van der Waals surface area (Å²) in [6.45, 7) is 0.924. The summed E-state index contributed by atoms with van der Waals surface area (Å²) < 4.78 is 31.0. The summed E-state index contributed by atoms with van der Waals surface area (Å²) in [5.74, 6) is -0.598. The fraction of sp³-hybridized carbons (Fsp3) is 0.208. The Morgan fingerprint density at radius 2 is 1.79 bits per heavy atom. The normalized spacial score (nSPS) is 11.4. The van der Waals surface area contributed by atoms with Gasteiger partial charge in [0.25, 0.3) is 5.56 Å². The molecule has 0 aliphatic heterocycles. The average Bonchev–Trinajstić information content (AvgIpc) is 3.33. The lowest BCUT2D eigenvalue weighted by Gasteiger charge is -2.14. The minimum atomic E-state index is -3.83. The molecule has 176 valence electrons. The van der Waals surface area contributed by atoms with Crippen molar-refractivity contribution in [2.45, 2.75) is 25.3 Å². The van der Waals surface area contributed by atoms with Gasteiger partial charge in [0.1, 0.15) is 12.2 Å². The Hall–Kier alpha value is -3.92. The molecule has 2 N–H and O–H groups in total. The van der Waals surface area contributed by atoms with E-state index in [-0.39, 0.29) is 23.9 Å². The van der Waals surface area contributed by atoms with Gasteiger partial charge in [-0.15, -0.1) is 0 Å². The predicted octanol–water partition coefficient (Wildman–Crippen LogP) is 2.35. The molecule has 2 aromatic heterocycles. The number of carbonyl (C=O) groups is 1. The van der Waals surface area contributed by atoms with Crippen molar-refractivity contribution in [1.82, 2.24) is 19.4 Å². The summed E-state index contributed by atoms with van der Waals surface area (Å²) in [5, 5.41) is 3.46. The van der Waals surface area contributed by atoms with Crippen LogP contribution in [0.15, 0.2) is 84.2 Å². The van der Waals surface area contributed by atoms with Crippen LogP contribution in [0.1, 0.15) is 12.0 Å². The molecule has 9 nitrogen and oxygen atoms in total. The molecule has 0 fully saturated rings. The van der Waals surface area contributed by atoms with Gasteiger partial charge in [-0.1, -0.05) is 48.5 Å². The van der Waals surface area contributed by atoms with Crippen LogP contribution in [-0.4, -0.2) is 35.0 Å². The third kappa shape index (κ3) is 5.90. The second-order valence-corrected chi connectivity index (χ2v) is 9.58. The summed E-state index contributed by atoms with van der Waals surface area (Å²) in [6.07, 6.45) is 5.95. The first-order valence-corrected chi connectivity index (χ1v) is 12.5. The number of nitrogens with one attached hydrogen (secondary N) is 2. The van der Waals surface area contributed by atoms with E-state index in [1.807, 2.05) is 10.8 Å². The molecule has 0 atom stereocenters. The molecule has 2 heterocycles. The number of anilines is 1. The van der Waals surface area contributed by atoms with Gasteiger partial charge in [-0.3, -0.25) is 18.9 Å². The summed E-state index contributed by atoms with van der Waals surface area (Å²) in [5.41, 5.74) is 0.477. The zero-order valence-electron chi connectivity index (χ0n) is 18.4. The molecular weight excluding hydrogens is 454 g/mol. The van der Waals surface area contributed by atoms with Crippen molar-refractivity contribution in [3.63, 3.8) is 0 Å². The first-order valence-electron chi connectivity index (χ1n) is 10.8. The molecule has 4 rings (SSSR count). The number of pyridine rings is 1. The lowest BCUT2D eigenvalue weighted by molar-refractivity contribution is -0.121. The third-order valence-corrected chi connectivity index (χ3v) is 6.49. The van der Waals surface area contributed by atoms with E-state index in [9.17, 15) is 18.0 Å². The summed E-state index contributed by atoms with van der Waals surface area (Å²) in [6, 6.07) is 17.3. The Morgan fingerprint density at radius 3 is 2.56 bits per heavy atom. The van der Waals surface area contributed by atoms with Crippen LogP contribution in [0.5, 0.6) is 0 Å². The van der Waals surface area contributed by atoms with Gasteiger partial charge in [0, 0.05) is 30.9 Å². The molecule has 0 saturated carbocycles. The Balaban J connectivity index is 1.51. The number of sulfonamides is 1. The Bertz CT molecular complexity index is 1430. The highest BCUT2D eigenvalue weighted by molar-refractivity contribution is 7.91. The van der Waals surface area contributed by atoms with Crippen molar-refractivity contribution in [2.24, 2.45) is 0 Å². The fourth-order valence-corrected chi connectivity index (χ4v) is 4.85. The number of imidazole rings is 1. The molecule has 0 bridgehead atoms. The van der Waals surface area contributed by atoms with Crippen LogP contribution in [0.2, 0.25) is 0 Å². The second kappa shape index (κ2) is 10.3. The van der Waals surface area contributed by atoms with Crippen molar-refractivity contribution >= 4 is 32.5 Å². The summed E-state index contributed by atoms with van der Waals surface area (Å²) in [4.78, 5) is 29.7. The molecule has 0 spiro atoms. The van der Waals surface area contributed by atoms with Gasteiger partial charge in [0.05, 0.1) is 17.6 Å². The molecule has 10 heteroatoms. The lowest BCUT2D eigenvalue weighted by Crippen LogP contribution is -2.34. The maximum Gasteiger partial charge on any atom is 0.275 e. The van der Waals surface area contributed by atoms with Gasteiger partial charge >= 0.3 is 0 Å². The topological polar surface area (TPSA) is 115 Å². The minimum absolute atomic E-state index is 0.0949. The monoisotopic (exact) mass is 479 g/mol. The van der Waals surface area contributed by atoms with Gasteiger partial charge in [-0.25, -0.2) is 13.4 Å². The van der Waals surface area contributed by atoms with Gasteiger partial charge in [-0.05, 0) is 24.1 Å². The van der Waals surface area contributed by atoms with Crippen molar-refractivity contribution in [2.75, 3.05) is 11.3 Å². The van der Waals surface area contributed by atoms with Gasteiger partial charge in [-0.2, -0.15) is 0 Å². The number of para-hydroxylation sites is 1. The van der Waals surface area contributed by atoms with Crippen LogP contribution in [-0.2, 0) is 33.7 Å². The standard InChI is InChI=1S/C24H25N5O4S/c30-23(26-11-6-13-28-14-12-25-18-28)16-29-22-10-5-4-9-20(22)15-21(24(29)31)27-34(32,33)17-19-7-2-1-3-8-19/h1-5,7-10,12,14-15,18,27H,6,11,13,16-17H2,(H,26,30). The third-order valence-electron chi connectivity index (χ3n) is 5.24. The molecule has 4 aromatic rings. The van der Waals surface area contributed by atoms with Crippen LogP contribution in [0.4, 0.5) is 5.69 Å². The molecule has 2 aromatic carbocycles. The number of aromatic nitrogens is 3. The van der Waals surface area contributed by atoms with Crippen LogP contribution >= 0.6 is 0 Å². The highest BCUT2D eigenvalue weighted by Gasteiger charge is 2.17. The van der Waals surface area contributed by atoms with E-state index in [0.29, 0.717) is 36.0 Å². The van der Waals surface area contributed by atoms with Crippen molar-refractivity contribution in [3.05, 3.63) is 95.3 Å². The number of fused-ring (bicyclic) bond motifs is 1. The molecule has 0 radical (unpaired) electrons. The van der Waals surface area contributed by atoms with Gasteiger partial charge in [0.15, 0.2) is 0 Å². The van der Waals surface area contributed by atoms with Gasteiger partial charge < -0.3 is 9.88 Å². The Kier molecular flexibility index (Phi) is 7.07. The van der Waals surface area contributed by atoms with Crippen molar-refractivity contribution in [3.8, 4) is 0 Å². The van der Waals surface area contributed by atoms with Crippen LogP contribution in [0.3, 0.4) is 0 Å². The van der Waals surface area contributed by atoms with E-state index in [1.165, 1.54) is 10.6 Å². The van der Waals surface area contributed by atoms with Crippen LogP contribution in [0, 0.1) is 0 Å². The average molecular weight is 480 g/mol. The largest absolute Gasteiger partial charge is 0.354 e. The number of aryl methyl sites for hydroxylation is 1. The lowest BCUT2D eigenvalue weighted by atomic mass is 10.2. The number of benzene rings is 2. The number of carbonyl (C=O) groups excluding carboxylic acids is 1. The maximum absolute atomic E-state index is 13.2. The van der Waals surface area contributed by atoms with E-state index in [2.05, 4.69) is 15.0 Å². The van der Waals surface area contributed by atoms with E-state index < -0.39 is 15.6 Å². The molecule has 0 aliphatic rings. The Labute approximate surface area is 197 Å². The highest BCUT2D eigenvalue weighted by Crippen LogP contribution is 2.18. The minimum Gasteiger partial charge on any atom is -0.354 e.